The molecule has 7 heteroatoms. The molecule has 0 N–H and O–H groups in total. The first-order valence-corrected chi connectivity index (χ1v) is 11.8. The van der Waals surface area contributed by atoms with E-state index >= 15 is 0 Å². The van der Waals surface area contributed by atoms with Crippen molar-refractivity contribution < 1.29 is 4.79 Å². The molecule has 162 valence electrons. The molecule has 3 aromatic rings. The van der Waals surface area contributed by atoms with Crippen LogP contribution in [0, 0.1) is 26.7 Å². The maximum absolute atomic E-state index is 12.8. The Hall–Kier alpha value is -2.31. The minimum Gasteiger partial charge on any atom is -0.300 e. The van der Waals surface area contributed by atoms with E-state index in [4.69, 9.17) is 16.6 Å². The fraction of sp³-hybridized carbons (Fsp3) is 0.417. The molecular weight excluding hydrogens is 428 g/mol. The van der Waals surface area contributed by atoms with Gasteiger partial charge in [0.2, 0.25) is 0 Å². The van der Waals surface area contributed by atoms with Crippen molar-refractivity contribution in [2.45, 2.75) is 59.9 Å². The van der Waals surface area contributed by atoms with Gasteiger partial charge in [-0.05, 0) is 50.8 Å². The van der Waals surface area contributed by atoms with Crippen molar-refractivity contribution in [3.63, 3.8) is 0 Å². The summed E-state index contributed by atoms with van der Waals surface area (Å²) in [6.07, 6.45) is 1.78. The van der Waals surface area contributed by atoms with Crippen LogP contribution in [-0.4, -0.2) is 26.3 Å². The summed E-state index contributed by atoms with van der Waals surface area (Å²) in [5.41, 5.74) is 4.16. The molecule has 0 saturated heterocycles. The third kappa shape index (κ3) is 4.23. The SMILES string of the molecule is Cc1sc2c(c1C)C(c1ccc(Cl)cc1)=N[C@@H](CC(=O)CCC(C)C)c1nnc(C)n1-2. The number of carbonyl (C=O) groups excluding carboxylic acids is 1. The summed E-state index contributed by atoms with van der Waals surface area (Å²) in [5, 5.41) is 10.6. The second-order valence-corrected chi connectivity index (χ2v) is 10.2. The molecule has 3 heterocycles. The van der Waals surface area contributed by atoms with Crippen molar-refractivity contribution in [1.29, 1.82) is 0 Å². The van der Waals surface area contributed by atoms with Gasteiger partial charge in [-0.15, -0.1) is 21.5 Å². The second kappa shape index (κ2) is 8.67. The molecule has 1 aromatic carbocycles. The predicted molar refractivity (Wildman–Crippen MR) is 127 cm³/mol. The Balaban J connectivity index is 1.87. The van der Waals surface area contributed by atoms with Gasteiger partial charge < -0.3 is 0 Å². The Bertz CT molecular complexity index is 1160. The lowest BCUT2D eigenvalue weighted by molar-refractivity contribution is -0.119. The highest BCUT2D eigenvalue weighted by molar-refractivity contribution is 7.15. The number of hydrogen-bond donors (Lipinski definition) is 0. The summed E-state index contributed by atoms with van der Waals surface area (Å²) in [6, 6.07) is 7.38. The first kappa shape index (κ1) is 21.9. The van der Waals surface area contributed by atoms with Gasteiger partial charge in [-0.2, -0.15) is 0 Å². The highest BCUT2D eigenvalue weighted by Gasteiger charge is 2.32. The maximum Gasteiger partial charge on any atom is 0.163 e. The van der Waals surface area contributed by atoms with Crippen LogP contribution in [0.15, 0.2) is 29.3 Å². The quantitative estimate of drug-likeness (QED) is 0.445. The first-order chi connectivity index (χ1) is 14.8. The van der Waals surface area contributed by atoms with E-state index in [-0.39, 0.29) is 11.8 Å². The number of rotatable bonds is 6. The van der Waals surface area contributed by atoms with Crippen LogP contribution in [0.5, 0.6) is 0 Å². The third-order valence-electron chi connectivity index (χ3n) is 5.78. The van der Waals surface area contributed by atoms with Gasteiger partial charge in [0.05, 0.1) is 5.71 Å². The molecule has 0 spiro atoms. The average molecular weight is 455 g/mol. The van der Waals surface area contributed by atoms with Gasteiger partial charge in [-0.3, -0.25) is 14.4 Å². The van der Waals surface area contributed by atoms with E-state index in [9.17, 15) is 4.79 Å². The molecule has 0 unspecified atom stereocenters. The van der Waals surface area contributed by atoms with E-state index in [1.165, 1.54) is 10.4 Å². The smallest absolute Gasteiger partial charge is 0.163 e. The van der Waals surface area contributed by atoms with Gasteiger partial charge in [-0.1, -0.05) is 37.6 Å². The van der Waals surface area contributed by atoms with E-state index in [1.54, 1.807) is 11.3 Å². The van der Waals surface area contributed by atoms with E-state index in [0.717, 1.165) is 39.9 Å². The third-order valence-corrected chi connectivity index (χ3v) is 7.22. The summed E-state index contributed by atoms with van der Waals surface area (Å²) in [4.78, 5) is 19.2. The Labute approximate surface area is 192 Å². The van der Waals surface area contributed by atoms with Crippen LogP contribution in [0.25, 0.3) is 5.00 Å². The average Bonchev–Trinajstić information content (AvgIpc) is 3.19. The summed E-state index contributed by atoms with van der Waals surface area (Å²) in [6.45, 7) is 10.5. The van der Waals surface area contributed by atoms with Crippen LogP contribution >= 0.6 is 22.9 Å². The molecular formula is C24H27ClN4OS. The fourth-order valence-electron chi connectivity index (χ4n) is 3.90. The monoisotopic (exact) mass is 454 g/mol. The number of halogens is 1. The van der Waals surface area contributed by atoms with Gasteiger partial charge in [0.15, 0.2) is 5.82 Å². The molecule has 1 atom stereocenters. The van der Waals surface area contributed by atoms with Crippen molar-refractivity contribution in [1.82, 2.24) is 14.8 Å². The number of benzene rings is 1. The van der Waals surface area contributed by atoms with Gasteiger partial charge in [0.1, 0.15) is 22.7 Å². The van der Waals surface area contributed by atoms with Crippen molar-refractivity contribution in [3.05, 3.63) is 62.5 Å². The van der Waals surface area contributed by atoms with Gasteiger partial charge in [0.25, 0.3) is 0 Å². The molecule has 0 bridgehead atoms. The summed E-state index contributed by atoms with van der Waals surface area (Å²) >= 11 is 7.87. The first-order valence-electron chi connectivity index (χ1n) is 10.6. The Morgan fingerprint density at radius 3 is 2.55 bits per heavy atom. The molecule has 5 nitrogen and oxygen atoms in total. The molecule has 1 aliphatic rings. The highest BCUT2D eigenvalue weighted by Crippen LogP contribution is 2.39. The van der Waals surface area contributed by atoms with Crippen molar-refractivity contribution in [3.8, 4) is 5.00 Å². The Kier molecular flexibility index (Phi) is 6.13. The normalized spacial score (nSPS) is 15.5. The van der Waals surface area contributed by atoms with Gasteiger partial charge >= 0.3 is 0 Å². The summed E-state index contributed by atoms with van der Waals surface area (Å²) < 4.78 is 2.09. The summed E-state index contributed by atoms with van der Waals surface area (Å²) in [7, 11) is 0. The van der Waals surface area contributed by atoms with E-state index < -0.39 is 0 Å². The zero-order valence-electron chi connectivity index (χ0n) is 18.6. The van der Waals surface area contributed by atoms with E-state index in [1.807, 2.05) is 31.2 Å². The number of carbonyl (C=O) groups is 1. The van der Waals surface area contributed by atoms with Crippen LogP contribution in [0.2, 0.25) is 5.02 Å². The van der Waals surface area contributed by atoms with E-state index in [2.05, 4.69) is 42.5 Å². The van der Waals surface area contributed by atoms with Crippen LogP contribution < -0.4 is 0 Å². The molecule has 2 aromatic heterocycles. The molecule has 31 heavy (non-hydrogen) atoms. The van der Waals surface area contributed by atoms with Gasteiger partial charge in [-0.25, -0.2) is 0 Å². The highest BCUT2D eigenvalue weighted by atomic mass is 35.5. The molecule has 0 aliphatic carbocycles. The molecule has 1 aliphatic heterocycles. The minimum atomic E-state index is -0.370. The lowest BCUT2D eigenvalue weighted by Crippen LogP contribution is -2.11. The fourth-order valence-corrected chi connectivity index (χ4v) is 5.24. The standard InChI is InChI=1S/C24H27ClN4OS/c1-13(2)6-11-19(30)12-20-23-28-27-16(5)29(23)24-21(14(3)15(4)31-24)22(26-20)17-7-9-18(25)10-8-17/h7-10,13,20H,6,11-12H2,1-5H3/t20-/m0/s1. The lowest BCUT2D eigenvalue weighted by atomic mass is 9.99. The maximum atomic E-state index is 12.8. The number of aliphatic imine (C=N–C) groups is 1. The Morgan fingerprint density at radius 2 is 1.87 bits per heavy atom. The molecule has 0 radical (unpaired) electrons. The number of aromatic nitrogens is 3. The number of thiophene rings is 1. The van der Waals surface area contributed by atoms with Crippen LogP contribution in [0.1, 0.15) is 72.4 Å². The predicted octanol–water partition coefficient (Wildman–Crippen LogP) is 6.19. The summed E-state index contributed by atoms with van der Waals surface area (Å²) in [5.74, 6) is 2.25. The molecule has 0 saturated carbocycles. The van der Waals surface area contributed by atoms with Crippen molar-refractivity contribution in [2.75, 3.05) is 0 Å². The number of Topliss-reactive ketones (excluding diaryl/α,β-unsaturated/α-hetero) is 1. The number of fused-ring (bicyclic) bond motifs is 3. The number of hydrogen-bond acceptors (Lipinski definition) is 5. The number of aryl methyl sites for hydroxylation is 2. The Morgan fingerprint density at radius 1 is 1.16 bits per heavy atom. The largest absolute Gasteiger partial charge is 0.300 e. The lowest BCUT2D eigenvalue weighted by Gasteiger charge is -2.13. The molecule has 0 fully saturated rings. The molecule has 0 amide bonds. The van der Waals surface area contributed by atoms with Crippen LogP contribution in [0.3, 0.4) is 0 Å². The second-order valence-electron chi connectivity index (χ2n) is 8.58. The minimum absolute atomic E-state index is 0.211. The molecule has 4 rings (SSSR count). The van der Waals surface area contributed by atoms with Crippen molar-refractivity contribution >= 4 is 34.4 Å². The van der Waals surface area contributed by atoms with Crippen LogP contribution in [0.4, 0.5) is 0 Å². The van der Waals surface area contributed by atoms with Crippen LogP contribution in [-0.2, 0) is 4.79 Å². The zero-order valence-corrected chi connectivity index (χ0v) is 20.1. The van der Waals surface area contributed by atoms with E-state index in [0.29, 0.717) is 23.8 Å². The van der Waals surface area contributed by atoms with Gasteiger partial charge in [0, 0.05) is 33.9 Å². The zero-order chi connectivity index (χ0) is 22.3. The number of ketones is 1. The van der Waals surface area contributed by atoms with Crippen molar-refractivity contribution in [2.24, 2.45) is 10.9 Å². The topological polar surface area (TPSA) is 60.1 Å². The number of nitrogens with zero attached hydrogens (tertiary/aromatic N) is 4.